The first-order valence-electron chi connectivity index (χ1n) is 7.01. The van der Waals surface area contributed by atoms with Crippen LogP contribution < -0.4 is 10.1 Å². The van der Waals surface area contributed by atoms with E-state index in [2.05, 4.69) is 5.32 Å². The van der Waals surface area contributed by atoms with Crippen LogP contribution in [0.3, 0.4) is 0 Å². The van der Waals surface area contributed by atoms with Gasteiger partial charge in [0.25, 0.3) is 5.91 Å². The first-order chi connectivity index (χ1) is 11.2. The highest BCUT2D eigenvalue weighted by atomic mass is 32.1. The number of methoxy groups -OCH3 is 1. The van der Waals surface area contributed by atoms with E-state index in [4.69, 9.17) is 4.74 Å². The molecule has 0 spiro atoms. The maximum atomic E-state index is 12.4. The van der Waals surface area contributed by atoms with Crippen LogP contribution in [0, 0.1) is 0 Å². The molecule has 0 atom stereocenters. The molecule has 1 heterocycles. The van der Waals surface area contributed by atoms with Gasteiger partial charge >= 0.3 is 0 Å². The van der Waals surface area contributed by atoms with E-state index < -0.39 is 0 Å². The van der Waals surface area contributed by atoms with Gasteiger partial charge in [-0.1, -0.05) is 12.1 Å². The molecule has 1 aromatic heterocycles. The molecule has 116 valence electrons. The molecule has 1 amide bonds. The van der Waals surface area contributed by atoms with Crippen molar-refractivity contribution in [2.45, 2.75) is 0 Å². The zero-order valence-electron chi connectivity index (χ0n) is 12.4. The van der Waals surface area contributed by atoms with Gasteiger partial charge in [0, 0.05) is 4.88 Å². The minimum absolute atomic E-state index is 0.176. The van der Waals surface area contributed by atoms with Crippen LogP contribution in [0.5, 0.6) is 11.5 Å². The number of amides is 1. The van der Waals surface area contributed by atoms with E-state index in [1.807, 2.05) is 30.3 Å². The number of benzene rings is 2. The molecule has 3 rings (SSSR count). The van der Waals surface area contributed by atoms with Crippen LogP contribution >= 0.6 is 11.3 Å². The van der Waals surface area contributed by atoms with Gasteiger partial charge in [-0.2, -0.15) is 0 Å². The lowest BCUT2D eigenvalue weighted by Crippen LogP contribution is -2.10. The number of carbonyl (C=O) groups excluding carboxylic acids is 1. The summed E-state index contributed by atoms with van der Waals surface area (Å²) < 4.78 is 5.23. The van der Waals surface area contributed by atoms with Gasteiger partial charge in [0.05, 0.1) is 17.7 Å². The maximum absolute atomic E-state index is 12.4. The Bertz CT molecular complexity index is 824. The van der Waals surface area contributed by atoms with Crippen LogP contribution in [-0.2, 0) is 0 Å². The summed E-state index contributed by atoms with van der Waals surface area (Å²) in [6, 6.07) is 17.9. The summed E-state index contributed by atoms with van der Waals surface area (Å²) in [5, 5.41) is 12.2. The molecule has 23 heavy (non-hydrogen) atoms. The molecule has 2 N–H and O–H groups in total. The van der Waals surface area contributed by atoms with Crippen molar-refractivity contribution in [1.82, 2.24) is 0 Å². The lowest BCUT2D eigenvalue weighted by Gasteiger charge is -2.08. The second-order valence-electron chi connectivity index (χ2n) is 4.87. The number of aromatic hydroxyl groups is 1. The average molecular weight is 325 g/mol. The van der Waals surface area contributed by atoms with E-state index in [1.54, 1.807) is 37.4 Å². The lowest BCUT2D eigenvalue weighted by molar-refractivity contribution is 0.103. The smallest absolute Gasteiger partial charge is 0.265 e. The highest BCUT2D eigenvalue weighted by Crippen LogP contribution is 2.30. The number of nitrogens with one attached hydrogen (secondary N) is 1. The molecule has 0 radical (unpaired) electrons. The van der Waals surface area contributed by atoms with E-state index in [0.29, 0.717) is 16.3 Å². The van der Waals surface area contributed by atoms with Gasteiger partial charge < -0.3 is 15.2 Å². The van der Waals surface area contributed by atoms with Crippen molar-refractivity contribution in [2.24, 2.45) is 0 Å². The standard InChI is InChI=1S/C18H15NO3S/c1-22-15-5-3-2-4-14(15)19-18(21)17-11-10-16(23-17)12-6-8-13(20)9-7-12/h2-11,20H,1H3,(H,19,21). The van der Waals surface area contributed by atoms with Crippen LogP contribution in [0.2, 0.25) is 0 Å². The Morgan fingerprint density at radius 2 is 1.78 bits per heavy atom. The third-order valence-electron chi connectivity index (χ3n) is 3.34. The molecule has 0 aliphatic carbocycles. The van der Waals surface area contributed by atoms with Crippen molar-refractivity contribution < 1.29 is 14.6 Å². The number of hydrogen-bond acceptors (Lipinski definition) is 4. The molecule has 0 bridgehead atoms. The minimum atomic E-state index is -0.176. The average Bonchev–Trinajstić information content (AvgIpc) is 3.06. The fourth-order valence-corrected chi connectivity index (χ4v) is 3.08. The normalized spacial score (nSPS) is 10.3. The molecule has 0 saturated heterocycles. The van der Waals surface area contributed by atoms with Gasteiger partial charge in [0.15, 0.2) is 0 Å². The van der Waals surface area contributed by atoms with E-state index in [1.165, 1.54) is 11.3 Å². The van der Waals surface area contributed by atoms with Crippen LogP contribution in [0.25, 0.3) is 10.4 Å². The number of para-hydroxylation sites is 2. The highest BCUT2D eigenvalue weighted by Gasteiger charge is 2.12. The van der Waals surface area contributed by atoms with Crippen LogP contribution in [0.4, 0.5) is 5.69 Å². The van der Waals surface area contributed by atoms with Crippen molar-refractivity contribution in [2.75, 3.05) is 12.4 Å². The predicted molar refractivity (Wildman–Crippen MR) is 92.4 cm³/mol. The van der Waals surface area contributed by atoms with Crippen LogP contribution in [0.15, 0.2) is 60.7 Å². The minimum Gasteiger partial charge on any atom is -0.508 e. The second kappa shape index (κ2) is 6.54. The monoisotopic (exact) mass is 325 g/mol. The Morgan fingerprint density at radius 3 is 2.52 bits per heavy atom. The molecule has 2 aromatic carbocycles. The summed E-state index contributed by atoms with van der Waals surface area (Å²) in [5.41, 5.74) is 1.60. The van der Waals surface area contributed by atoms with Gasteiger partial charge in [-0.15, -0.1) is 11.3 Å². The Labute approximate surface area is 138 Å². The summed E-state index contributed by atoms with van der Waals surface area (Å²) in [4.78, 5) is 14.0. The summed E-state index contributed by atoms with van der Waals surface area (Å²) >= 11 is 1.40. The van der Waals surface area contributed by atoms with Crippen molar-refractivity contribution in [3.63, 3.8) is 0 Å². The zero-order chi connectivity index (χ0) is 16.2. The third-order valence-corrected chi connectivity index (χ3v) is 4.47. The third kappa shape index (κ3) is 3.35. The topological polar surface area (TPSA) is 58.6 Å². The summed E-state index contributed by atoms with van der Waals surface area (Å²) in [6.07, 6.45) is 0. The lowest BCUT2D eigenvalue weighted by atomic mass is 10.2. The van der Waals surface area contributed by atoms with Gasteiger partial charge in [-0.25, -0.2) is 0 Å². The quantitative estimate of drug-likeness (QED) is 0.748. The fraction of sp³-hybridized carbons (Fsp3) is 0.0556. The molecule has 5 heteroatoms. The SMILES string of the molecule is COc1ccccc1NC(=O)c1ccc(-c2ccc(O)cc2)s1. The number of rotatable bonds is 4. The number of ether oxygens (including phenoxy) is 1. The van der Waals surface area contributed by atoms with E-state index >= 15 is 0 Å². The predicted octanol–water partition coefficient (Wildman–Crippen LogP) is 4.38. The van der Waals surface area contributed by atoms with Gasteiger partial charge in [0.1, 0.15) is 11.5 Å². The number of phenolic OH excluding ortho intramolecular Hbond substituents is 1. The molecule has 0 aliphatic rings. The Morgan fingerprint density at radius 1 is 1.04 bits per heavy atom. The van der Waals surface area contributed by atoms with Crippen molar-refractivity contribution >= 4 is 22.9 Å². The fourth-order valence-electron chi connectivity index (χ4n) is 2.17. The summed E-state index contributed by atoms with van der Waals surface area (Å²) in [6.45, 7) is 0. The van der Waals surface area contributed by atoms with E-state index in [9.17, 15) is 9.90 Å². The zero-order valence-corrected chi connectivity index (χ0v) is 13.3. The van der Waals surface area contributed by atoms with Gasteiger partial charge in [-0.05, 0) is 54.1 Å². The Hall–Kier alpha value is -2.79. The largest absolute Gasteiger partial charge is 0.508 e. The molecule has 0 fully saturated rings. The number of hydrogen-bond donors (Lipinski definition) is 2. The van der Waals surface area contributed by atoms with Crippen molar-refractivity contribution in [3.8, 4) is 21.9 Å². The first-order valence-corrected chi connectivity index (χ1v) is 7.82. The number of thiophene rings is 1. The number of carbonyl (C=O) groups is 1. The molecule has 0 aliphatic heterocycles. The molecule has 4 nitrogen and oxygen atoms in total. The Balaban J connectivity index is 1.80. The Kier molecular flexibility index (Phi) is 4.30. The van der Waals surface area contributed by atoms with Crippen LogP contribution in [0.1, 0.15) is 9.67 Å². The number of phenols is 1. The van der Waals surface area contributed by atoms with E-state index in [0.717, 1.165) is 10.4 Å². The molecule has 0 unspecified atom stereocenters. The highest BCUT2D eigenvalue weighted by molar-refractivity contribution is 7.17. The van der Waals surface area contributed by atoms with Gasteiger partial charge in [-0.3, -0.25) is 4.79 Å². The van der Waals surface area contributed by atoms with Crippen molar-refractivity contribution in [1.29, 1.82) is 0 Å². The van der Waals surface area contributed by atoms with E-state index in [-0.39, 0.29) is 11.7 Å². The second-order valence-corrected chi connectivity index (χ2v) is 5.95. The first kappa shape index (κ1) is 15.1. The van der Waals surface area contributed by atoms with Crippen LogP contribution in [-0.4, -0.2) is 18.1 Å². The molecule has 0 saturated carbocycles. The molecular weight excluding hydrogens is 310 g/mol. The number of anilines is 1. The molecule has 3 aromatic rings. The maximum Gasteiger partial charge on any atom is 0.265 e. The summed E-state index contributed by atoms with van der Waals surface area (Å²) in [5.74, 6) is 0.667. The summed E-state index contributed by atoms with van der Waals surface area (Å²) in [7, 11) is 1.57. The van der Waals surface area contributed by atoms with Gasteiger partial charge in [0.2, 0.25) is 0 Å². The molecular formula is C18H15NO3S. The van der Waals surface area contributed by atoms with Crippen molar-refractivity contribution in [3.05, 3.63) is 65.5 Å².